The minimum atomic E-state index is -0.878. The molecule has 0 spiro atoms. The van der Waals surface area contributed by atoms with E-state index in [1.807, 2.05) is 26.0 Å². The number of aryl methyl sites for hydroxylation is 1. The van der Waals surface area contributed by atoms with Crippen LogP contribution in [0.1, 0.15) is 48.3 Å². The summed E-state index contributed by atoms with van der Waals surface area (Å²) >= 11 is 0. The molecule has 0 aliphatic heterocycles. The van der Waals surface area contributed by atoms with E-state index in [0.717, 1.165) is 23.4 Å². The summed E-state index contributed by atoms with van der Waals surface area (Å²) in [4.78, 5) is 14.5. The van der Waals surface area contributed by atoms with Gasteiger partial charge < -0.3 is 10.1 Å². The quantitative estimate of drug-likeness (QED) is 0.867. The van der Waals surface area contributed by atoms with Crippen LogP contribution >= 0.6 is 0 Å². The zero-order valence-corrected chi connectivity index (χ0v) is 11.5. The first-order valence-corrected chi connectivity index (χ1v) is 6.58. The van der Waals surface area contributed by atoms with Gasteiger partial charge in [0.1, 0.15) is 0 Å². The largest absolute Gasteiger partial charge is 0.478 e. The van der Waals surface area contributed by atoms with Gasteiger partial charge in [0.05, 0.1) is 5.56 Å². The number of benzene rings is 1. The molecule has 100 valence electrons. The minimum absolute atomic E-state index is 0.162. The molecule has 0 radical (unpaired) electrons. The predicted octanol–water partition coefficient (Wildman–Crippen LogP) is 4.07. The fourth-order valence-corrected chi connectivity index (χ4v) is 2.18. The Kier molecular flexibility index (Phi) is 3.74. The lowest BCUT2D eigenvalue weighted by Crippen LogP contribution is -2.01. The topological polar surface area (TPSA) is 53.1 Å². The van der Waals surface area contributed by atoms with Crippen molar-refractivity contribution in [3.05, 3.63) is 47.2 Å². The maximum absolute atomic E-state index is 11.3. The van der Waals surface area contributed by atoms with Gasteiger partial charge in [-0.2, -0.15) is 0 Å². The van der Waals surface area contributed by atoms with Gasteiger partial charge in [-0.1, -0.05) is 45.0 Å². The van der Waals surface area contributed by atoms with Crippen LogP contribution in [-0.2, 0) is 6.42 Å². The van der Waals surface area contributed by atoms with Crippen molar-refractivity contribution < 1.29 is 9.90 Å². The van der Waals surface area contributed by atoms with Gasteiger partial charge in [-0.25, -0.2) is 4.79 Å². The molecular weight excluding hydrogens is 238 g/mol. The number of nitrogens with one attached hydrogen (secondary N) is 1. The molecule has 2 N–H and O–H groups in total. The van der Waals surface area contributed by atoms with Gasteiger partial charge in [0.25, 0.3) is 0 Å². The van der Waals surface area contributed by atoms with Crippen LogP contribution in [0, 0.1) is 0 Å². The van der Waals surface area contributed by atoms with Crippen LogP contribution in [0.25, 0.3) is 11.3 Å². The molecule has 0 atom stereocenters. The number of hydrogen-bond acceptors (Lipinski definition) is 1. The van der Waals surface area contributed by atoms with Crippen molar-refractivity contribution in [2.75, 3.05) is 0 Å². The Labute approximate surface area is 113 Å². The van der Waals surface area contributed by atoms with Crippen LogP contribution in [0.5, 0.6) is 0 Å². The molecule has 0 unspecified atom stereocenters. The number of H-pyrrole nitrogens is 1. The van der Waals surface area contributed by atoms with Crippen molar-refractivity contribution in [2.24, 2.45) is 0 Å². The second-order valence-electron chi connectivity index (χ2n) is 5.02. The summed E-state index contributed by atoms with van der Waals surface area (Å²) in [5.74, 6) is -0.717. The zero-order valence-electron chi connectivity index (χ0n) is 11.5. The van der Waals surface area contributed by atoms with E-state index in [1.165, 1.54) is 5.56 Å². The molecular formula is C16H19NO2. The van der Waals surface area contributed by atoms with Gasteiger partial charge in [-0.05, 0) is 29.5 Å². The number of carbonyl (C=O) groups is 1. The fourth-order valence-electron chi connectivity index (χ4n) is 2.18. The van der Waals surface area contributed by atoms with Crippen molar-refractivity contribution in [3.63, 3.8) is 0 Å². The molecule has 2 aromatic rings. The Balaban J connectivity index is 2.44. The van der Waals surface area contributed by atoms with Crippen molar-refractivity contribution >= 4 is 5.97 Å². The van der Waals surface area contributed by atoms with Gasteiger partial charge in [0.2, 0.25) is 0 Å². The number of aromatic amines is 1. The lowest BCUT2D eigenvalue weighted by molar-refractivity contribution is 0.0695. The highest BCUT2D eigenvalue weighted by Crippen LogP contribution is 2.26. The highest BCUT2D eigenvalue weighted by Gasteiger charge is 2.17. The first-order chi connectivity index (χ1) is 9.02. The number of rotatable bonds is 4. The zero-order chi connectivity index (χ0) is 14.0. The number of hydrogen-bond donors (Lipinski definition) is 2. The van der Waals surface area contributed by atoms with Gasteiger partial charge in [-0.15, -0.1) is 0 Å². The molecule has 0 bridgehead atoms. The van der Waals surface area contributed by atoms with Gasteiger partial charge in [-0.3, -0.25) is 0 Å². The smallest absolute Gasteiger partial charge is 0.337 e. The molecule has 0 amide bonds. The van der Waals surface area contributed by atoms with Gasteiger partial charge in [0, 0.05) is 11.4 Å². The van der Waals surface area contributed by atoms with E-state index in [1.54, 1.807) is 6.07 Å². The molecule has 2 rings (SSSR count). The van der Waals surface area contributed by atoms with E-state index in [4.69, 9.17) is 0 Å². The molecule has 1 heterocycles. The minimum Gasteiger partial charge on any atom is -0.478 e. The maximum Gasteiger partial charge on any atom is 0.337 e. The summed E-state index contributed by atoms with van der Waals surface area (Å²) < 4.78 is 0. The molecule has 3 nitrogen and oxygen atoms in total. The lowest BCUT2D eigenvalue weighted by atomic mass is 10.1. The summed E-state index contributed by atoms with van der Waals surface area (Å²) in [5.41, 5.74) is 4.31. The van der Waals surface area contributed by atoms with Crippen LogP contribution in [0.15, 0.2) is 30.3 Å². The summed E-state index contributed by atoms with van der Waals surface area (Å²) in [5, 5.41) is 9.24. The Morgan fingerprint density at radius 1 is 1.26 bits per heavy atom. The van der Waals surface area contributed by atoms with Crippen molar-refractivity contribution in [1.29, 1.82) is 0 Å². The third kappa shape index (κ3) is 2.70. The number of aromatic nitrogens is 1. The number of aromatic carboxylic acids is 1. The van der Waals surface area contributed by atoms with Gasteiger partial charge >= 0.3 is 5.97 Å². The van der Waals surface area contributed by atoms with Crippen LogP contribution in [-0.4, -0.2) is 16.1 Å². The lowest BCUT2D eigenvalue weighted by Gasteiger charge is -2.04. The third-order valence-electron chi connectivity index (χ3n) is 3.33. The van der Waals surface area contributed by atoms with Crippen LogP contribution in [0.4, 0.5) is 0 Å². The van der Waals surface area contributed by atoms with E-state index in [0.29, 0.717) is 5.56 Å². The molecule has 0 aliphatic carbocycles. The summed E-state index contributed by atoms with van der Waals surface area (Å²) in [6.45, 7) is 6.09. The van der Waals surface area contributed by atoms with E-state index in [-0.39, 0.29) is 5.92 Å². The number of carboxylic acid groups (broad SMARTS) is 1. The summed E-state index contributed by atoms with van der Waals surface area (Å²) in [6, 6.07) is 9.93. The van der Waals surface area contributed by atoms with Crippen LogP contribution < -0.4 is 0 Å². The molecule has 1 aromatic heterocycles. The number of carboxylic acids is 1. The average molecular weight is 257 g/mol. The Bertz CT molecular complexity index is 579. The van der Waals surface area contributed by atoms with Crippen LogP contribution in [0.3, 0.4) is 0 Å². The first kappa shape index (κ1) is 13.4. The van der Waals surface area contributed by atoms with Crippen molar-refractivity contribution in [3.8, 4) is 11.3 Å². The Hall–Kier alpha value is -2.03. The predicted molar refractivity (Wildman–Crippen MR) is 76.7 cm³/mol. The Morgan fingerprint density at radius 3 is 2.32 bits per heavy atom. The maximum atomic E-state index is 11.3. The van der Waals surface area contributed by atoms with E-state index in [9.17, 15) is 9.90 Å². The highest BCUT2D eigenvalue weighted by molar-refractivity contribution is 5.91. The first-order valence-electron chi connectivity index (χ1n) is 6.58. The molecule has 19 heavy (non-hydrogen) atoms. The second kappa shape index (κ2) is 5.31. The summed E-state index contributed by atoms with van der Waals surface area (Å²) in [6.07, 6.45) is 1.00. The molecule has 0 saturated heterocycles. The third-order valence-corrected chi connectivity index (χ3v) is 3.33. The van der Waals surface area contributed by atoms with E-state index in [2.05, 4.69) is 24.0 Å². The van der Waals surface area contributed by atoms with E-state index < -0.39 is 5.97 Å². The van der Waals surface area contributed by atoms with Gasteiger partial charge in [0.15, 0.2) is 0 Å². The molecule has 1 aromatic carbocycles. The van der Waals surface area contributed by atoms with E-state index >= 15 is 0 Å². The molecule has 0 saturated carbocycles. The summed E-state index contributed by atoms with van der Waals surface area (Å²) in [7, 11) is 0. The van der Waals surface area contributed by atoms with Crippen LogP contribution in [0.2, 0.25) is 0 Å². The molecule has 3 heteroatoms. The highest BCUT2D eigenvalue weighted by atomic mass is 16.4. The Morgan fingerprint density at radius 2 is 1.89 bits per heavy atom. The second-order valence-corrected chi connectivity index (χ2v) is 5.02. The van der Waals surface area contributed by atoms with Crippen molar-refractivity contribution in [2.45, 2.75) is 33.1 Å². The fraction of sp³-hybridized carbons (Fsp3) is 0.312. The van der Waals surface area contributed by atoms with Crippen molar-refractivity contribution in [1.82, 2.24) is 4.98 Å². The normalized spacial score (nSPS) is 10.9. The molecule has 0 fully saturated rings. The SMILES string of the molecule is CCc1ccc(-c2cc(C(=O)O)c(C(C)C)[nH]2)cc1. The standard InChI is InChI=1S/C16H19NO2/c1-4-11-5-7-12(8-6-11)14-9-13(16(18)19)15(17-14)10(2)3/h5-10,17H,4H2,1-3H3,(H,18,19). The average Bonchev–Trinajstić information content (AvgIpc) is 2.84. The monoisotopic (exact) mass is 257 g/mol. The molecule has 0 aliphatic rings.